The Morgan fingerprint density at radius 3 is 0.508 bits per heavy atom. The lowest BCUT2D eigenvalue weighted by Crippen LogP contribution is -2.41. The smallest absolute Gasteiger partial charge is 0.321 e. The van der Waals surface area contributed by atoms with Gasteiger partial charge in [-0.2, -0.15) is 0 Å². The minimum absolute atomic E-state index is 0.0731. The van der Waals surface area contributed by atoms with E-state index in [1.54, 1.807) is 14.2 Å². The summed E-state index contributed by atoms with van der Waals surface area (Å²) in [6, 6.07) is 0. The van der Waals surface area contributed by atoms with Crippen molar-refractivity contribution in [3.63, 3.8) is 0 Å². The maximum Gasteiger partial charge on any atom is 0.321 e. The summed E-state index contributed by atoms with van der Waals surface area (Å²) in [5.41, 5.74) is -2.04. The number of hydrogen-bond donors (Lipinski definition) is 2. The molecule has 63 heavy (non-hydrogen) atoms. The minimum atomic E-state index is -2.04. The molecule has 22 heteroatoms. The van der Waals surface area contributed by atoms with Crippen LogP contribution in [0.5, 0.6) is 0 Å². The molecule has 0 spiro atoms. The van der Waals surface area contributed by atoms with Crippen LogP contribution < -0.4 is 0 Å². The van der Waals surface area contributed by atoms with Crippen LogP contribution in [0.15, 0.2) is 0 Å². The van der Waals surface area contributed by atoms with Gasteiger partial charge in [-0.05, 0) is 12.8 Å². The van der Waals surface area contributed by atoms with Gasteiger partial charge in [0, 0.05) is 27.4 Å². The largest absolute Gasteiger partial charge is 0.480 e. The van der Waals surface area contributed by atoms with E-state index in [4.69, 9.17) is 85.3 Å². The molecule has 0 aromatic rings. The molecule has 0 aliphatic rings. The van der Waals surface area contributed by atoms with Crippen LogP contribution >= 0.6 is 0 Å². The molecule has 0 rings (SSSR count). The average molecular weight is 925 g/mol. The molecular weight excluding hydrogens is 844 g/mol. The second-order valence-corrected chi connectivity index (χ2v) is 13.0. The van der Waals surface area contributed by atoms with E-state index in [2.05, 4.69) is 0 Å². The van der Waals surface area contributed by atoms with Crippen molar-refractivity contribution in [2.45, 2.75) is 12.8 Å². The van der Waals surface area contributed by atoms with Crippen molar-refractivity contribution in [1.82, 2.24) is 0 Å². The van der Waals surface area contributed by atoms with Crippen molar-refractivity contribution in [1.29, 1.82) is 0 Å². The molecule has 0 aromatic carbocycles. The third kappa shape index (κ3) is 43.9. The van der Waals surface area contributed by atoms with Crippen molar-refractivity contribution in [3.05, 3.63) is 0 Å². The normalized spacial score (nSPS) is 11.8. The molecule has 376 valence electrons. The van der Waals surface area contributed by atoms with Crippen LogP contribution in [0.1, 0.15) is 12.8 Å². The second-order valence-electron chi connectivity index (χ2n) is 13.0. The average Bonchev–Trinajstić information content (AvgIpc) is 3.27. The number of carboxylic acids is 2. The molecule has 22 nitrogen and oxygen atoms in total. The van der Waals surface area contributed by atoms with Crippen LogP contribution in [0.2, 0.25) is 0 Å². The predicted molar refractivity (Wildman–Crippen MR) is 224 cm³/mol. The first kappa shape index (κ1) is 61.2. The summed E-state index contributed by atoms with van der Waals surface area (Å²) in [7, 11) is 3.26. The Balaban J connectivity index is 3.57. The van der Waals surface area contributed by atoms with E-state index in [1.807, 2.05) is 0 Å². The highest BCUT2D eigenvalue weighted by atomic mass is 16.6. The van der Waals surface area contributed by atoms with Gasteiger partial charge >= 0.3 is 11.9 Å². The van der Waals surface area contributed by atoms with E-state index in [9.17, 15) is 19.8 Å². The molecule has 0 atom stereocenters. The SMILES string of the molecule is COCCOCCOCCOCCOCCOCCOCCOCCOCCC(CCOCCOCCOCCOCCOCCOCCOCCOCCOC)(C(=O)O)C(=O)O. The van der Waals surface area contributed by atoms with Crippen molar-refractivity contribution in [2.75, 3.05) is 239 Å². The zero-order valence-corrected chi connectivity index (χ0v) is 38.0. The van der Waals surface area contributed by atoms with E-state index in [1.165, 1.54) is 0 Å². The minimum Gasteiger partial charge on any atom is -0.480 e. The molecule has 0 saturated carbocycles. The summed E-state index contributed by atoms with van der Waals surface area (Å²) >= 11 is 0. The van der Waals surface area contributed by atoms with Gasteiger partial charge in [0.1, 0.15) is 0 Å². The van der Waals surface area contributed by atoms with E-state index in [0.717, 1.165) is 0 Å². The first-order valence-electron chi connectivity index (χ1n) is 21.7. The van der Waals surface area contributed by atoms with Gasteiger partial charge in [0.15, 0.2) is 5.41 Å². The molecular formula is C41H80O22. The quantitative estimate of drug-likeness (QED) is 0.0623. The van der Waals surface area contributed by atoms with Crippen LogP contribution in [-0.2, 0) is 94.9 Å². The van der Waals surface area contributed by atoms with Crippen molar-refractivity contribution < 1.29 is 105 Å². The van der Waals surface area contributed by atoms with Gasteiger partial charge in [-0.1, -0.05) is 0 Å². The first-order valence-corrected chi connectivity index (χ1v) is 21.7. The number of hydrogen-bond acceptors (Lipinski definition) is 20. The van der Waals surface area contributed by atoms with Crippen molar-refractivity contribution in [3.8, 4) is 0 Å². The highest BCUT2D eigenvalue weighted by Crippen LogP contribution is 2.28. The van der Waals surface area contributed by atoms with Crippen LogP contribution in [-0.4, -0.2) is 261 Å². The van der Waals surface area contributed by atoms with Crippen LogP contribution in [0.4, 0.5) is 0 Å². The van der Waals surface area contributed by atoms with Gasteiger partial charge in [-0.15, -0.1) is 0 Å². The number of rotatable bonds is 56. The number of aliphatic carboxylic acids is 2. The summed E-state index contributed by atoms with van der Waals surface area (Å²) < 4.78 is 96.6. The number of carbonyl (C=O) groups is 2. The number of carboxylic acid groups (broad SMARTS) is 2. The molecule has 0 unspecified atom stereocenters. The van der Waals surface area contributed by atoms with Crippen LogP contribution in [0, 0.1) is 5.41 Å². The topological polar surface area (TPSA) is 241 Å². The maximum atomic E-state index is 12.0. The van der Waals surface area contributed by atoms with Crippen molar-refractivity contribution in [2.24, 2.45) is 5.41 Å². The zero-order chi connectivity index (χ0) is 45.8. The van der Waals surface area contributed by atoms with Gasteiger partial charge in [-0.25, -0.2) is 0 Å². The van der Waals surface area contributed by atoms with Gasteiger partial charge in [-0.3, -0.25) is 9.59 Å². The van der Waals surface area contributed by atoms with Gasteiger partial charge in [0.2, 0.25) is 0 Å². The highest BCUT2D eigenvalue weighted by molar-refractivity contribution is 5.98. The van der Waals surface area contributed by atoms with Gasteiger partial charge in [0.25, 0.3) is 0 Å². The summed E-state index contributed by atoms with van der Waals surface area (Å²) in [6.45, 7) is 13.7. The lowest BCUT2D eigenvalue weighted by molar-refractivity contribution is -0.168. The van der Waals surface area contributed by atoms with E-state index in [-0.39, 0.29) is 52.5 Å². The van der Waals surface area contributed by atoms with Crippen molar-refractivity contribution >= 4 is 11.9 Å². The van der Waals surface area contributed by atoms with Gasteiger partial charge < -0.3 is 95.5 Å². The molecule has 0 saturated heterocycles. The summed E-state index contributed by atoms with van der Waals surface area (Å²) in [4.78, 5) is 24.0. The summed E-state index contributed by atoms with van der Waals surface area (Å²) in [6.07, 6.45) is -0.454. The lowest BCUT2D eigenvalue weighted by Gasteiger charge is -2.24. The Bertz CT molecular complexity index is 865. The molecule has 0 radical (unpaired) electrons. The molecule has 0 bridgehead atoms. The molecule has 2 N–H and O–H groups in total. The Morgan fingerprint density at radius 1 is 0.254 bits per heavy atom. The summed E-state index contributed by atoms with van der Waals surface area (Å²) in [5.74, 6) is -2.90. The van der Waals surface area contributed by atoms with Gasteiger partial charge in [0.05, 0.1) is 211 Å². The predicted octanol–water partition coefficient (Wildman–Crippen LogP) is 0.481. The molecule has 0 aromatic heterocycles. The first-order chi connectivity index (χ1) is 31.0. The Hall–Kier alpha value is -1.78. The Morgan fingerprint density at radius 2 is 0.381 bits per heavy atom. The second kappa shape index (κ2) is 51.2. The highest BCUT2D eigenvalue weighted by Gasteiger charge is 2.46. The molecule has 0 amide bonds. The standard InChI is InChI=1S/C41H80O22/c1-46-7-9-50-15-17-54-23-25-58-31-33-62-37-35-60-29-27-56-21-19-52-13-11-48-5-3-41(39(42)43,40(44)45)4-6-49-12-14-53-20-22-57-28-30-61-36-38-63-34-32-59-26-24-55-18-16-51-10-8-47-2/h3-38H2,1-2H3,(H,42,43)(H,44,45). The Labute approximate surface area is 373 Å². The molecule has 0 aliphatic carbocycles. The molecule has 0 heterocycles. The van der Waals surface area contributed by atoms with E-state index >= 15 is 0 Å². The third-order valence-corrected chi connectivity index (χ3v) is 8.24. The molecule has 0 aliphatic heterocycles. The molecule has 0 fully saturated rings. The monoisotopic (exact) mass is 925 g/mol. The van der Waals surface area contributed by atoms with Crippen LogP contribution in [0.3, 0.4) is 0 Å². The maximum absolute atomic E-state index is 12.0. The van der Waals surface area contributed by atoms with E-state index in [0.29, 0.717) is 185 Å². The van der Waals surface area contributed by atoms with E-state index < -0.39 is 17.4 Å². The fourth-order valence-electron chi connectivity index (χ4n) is 4.70. The third-order valence-electron chi connectivity index (χ3n) is 8.24. The fourth-order valence-corrected chi connectivity index (χ4v) is 4.70. The lowest BCUT2D eigenvalue weighted by atomic mass is 9.81. The fraction of sp³-hybridized carbons (Fsp3) is 0.951. The Kier molecular flexibility index (Phi) is 49.8. The number of ether oxygens (including phenoxy) is 18. The zero-order valence-electron chi connectivity index (χ0n) is 38.0. The number of methoxy groups -OCH3 is 2. The van der Waals surface area contributed by atoms with Crippen LogP contribution in [0.25, 0.3) is 0 Å². The summed E-state index contributed by atoms with van der Waals surface area (Å²) in [5, 5.41) is 19.5.